The van der Waals surface area contributed by atoms with Crippen molar-refractivity contribution in [1.82, 2.24) is 0 Å². The van der Waals surface area contributed by atoms with E-state index in [1.807, 2.05) is 0 Å². The number of allylic oxidation sites excluding steroid dienone is 1. The minimum Gasteiger partial charge on any atom is -0.452 e. The number of hydrogen-bond donors (Lipinski definition) is 0. The number of fused-ring (bicyclic) bond motifs is 1. The second kappa shape index (κ2) is 7.03. The van der Waals surface area contributed by atoms with Crippen LogP contribution in [0.3, 0.4) is 0 Å². The van der Waals surface area contributed by atoms with Crippen molar-refractivity contribution in [3.63, 3.8) is 0 Å². The summed E-state index contributed by atoms with van der Waals surface area (Å²) in [7, 11) is 0. The quantitative estimate of drug-likeness (QED) is 0.266. The molecule has 138 valence electrons. The normalized spacial score (nSPS) is 14.2. The summed E-state index contributed by atoms with van der Waals surface area (Å²) in [5.41, 5.74) is 1.29. The molecule has 0 amide bonds. The third-order valence-electron chi connectivity index (χ3n) is 4.10. The molecule has 0 saturated heterocycles. The summed E-state index contributed by atoms with van der Waals surface area (Å²) in [6.45, 7) is 5.15. The summed E-state index contributed by atoms with van der Waals surface area (Å²) in [4.78, 5) is 34.8. The molecule has 0 N–H and O–H groups in total. The number of rotatable bonds is 4. The highest BCUT2D eigenvalue weighted by Crippen LogP contribution is 2.39. The zero-order valence-electron chi connectivity index (χ0n) is 15.0. The molecule has 1 aliphatic heterocycles. The molecule has 1 aliphatic rings. The Hall–Kier alpha value is -3.48. The van der Waals surface area contributed by atoms with Crippen molar-refractivity contribution in [2.75, 3.05) is 0 Å². The molecular formula is C20H17NO6. The summed E-state index contributed by atoms with van der Waals surface area (Å²) in [5.74, 6) is -0.288. The summed E-state index contributed by atoms with van der Waals surface area (Å²) in [6.07, 6.45) is 1.45. The van der Waals surface area contributed by atoms with Crippen molar-refractivity contribution in [1.29, 1.82) is 0 Å². The number of nitrogens with zero attached hydrogens (tertiary/aromatic N) is 1. The third-order valence-corrected chi connectivity index (χ3v) is 4.10. The van der Waals surface area contributed by atoms with Crippen LogP contribution in [0.25, 0.3) is 6.08 Å². The van der Waals surface area contributed by atoms with Crippen molar-refractivity contribution >= 4 is 23.5 Å². The minimum atomic E-state index is -0.506. The van der Waals surface area contributed by atoms with Gasteiger partial charge in [0.15, 0.2) is 5.76 Å². The summed E-state index contributed by atoms with van der Waals surface area (Å²) in [5, 5.41) is 10.9. The predicted octanol–water partition coefficient (Wildman–Crippen LogP) is 4.08. The lowest BCUT2D eigenvalue weighted by Crippen LogP contribution is -2.15. The fraction of sp³-hybridized carbons (Fsp3) is 0.200. The Kier molecular flexibility index (Phi) is 4.77. The summed E-state index contributed by atoms with van der Waals surface area (Å²) < 4.78 is 11.0. The van der Waals surface area contributed by atoms with Crippen molar-refractivity contribution in [2.45, 2.75) is 20.8 Å². The van der Waals surface area contributed by atoms with Crippen LogP contribution in [-0.4, -0.2) is 16.7 Å². The molecule has 0 atom stereocenters. The van der Waals surface area contributed by atoms with Crippen molar-refractivity contribution in [2.24, 2.45) is 5.92 Å². The van der Waals surface area contributed by atoms with E-state index in [0.29, 0.717) is 28.2 Å². The molecule has 0 spiro atoms. The van der Waals surface area contributed by atoms with Gasteiger partial charge in [0.05, 0.1) is 16.4 Å². The number of non-ortho nitro benzene ring substituents is 1. The molecular weight excluding hydrogens is 350 g/mol. The molecule has 27 heavy (non-hydrogen) atoms. The van der Waals surface area contributed by atoms with Gasteiger partial charge in [0.25, 0.3) is 5.69 Å². The van der Waals surface area contributed by atoms with Crippen LogP contribution in [0, 0.1) is 23.0 Å². The van der Waals surface area contributed by atoms with Crippen LogP contribution >= 0.6 is 0 Å². The van der Waals surface area contributed by atoms with Crippen LogP contribution in [0.1, 0.15) is 35.3 Å². The smallest absolute Gasteiger partial charge is 0.313 e. The first-order valence-electron chi connectivity index (χ1n) is 8.32. The Balaban J connectivity index is 1.93. The number of esters is 1. The van der Waals surface area contributed by atoms with Crippen LogP contribution in [-0.2, 0) is 4.79 Å². The number of nitro benzene ring substituents is 1. The predicted molar refractivity (Wildman–Crippen MR) is 97.7 cm³/mol. The van der Waals surface area contributed by atoms with Crippen molar-refractivity contribution in [3.8, 4) is 11.5 Å². The minimum absolute atomic E-state index is 0.0564. The number of benzene rings is 2. The topological polar surface area (TPSA) is 95.7 Å². The molecule has 0 radical (unpaired) electrons. The standard InChI is InChI=1S/C20H17NO6/c1-11(2)20(23)27-16-8-7-15-18(22)17(26-19(15)12(16)3)10-13-5-4-6-14(9-13)21(24)25/h4-11H,1-3H3/b17-10-. The van der Waals surface area contributed by atoms with E-state index < -0.39 is 4.92 Å². The van der Waals surface area contributed by atoms with E-state index in [1.165, 1.54) is 24.3 Å². The molecule has 0 fully saturated rings. The lowest BCUT2D eigenvalue weighted by Gasteiger charge is -2.11. The molecule has 1 heterocycles. The molecule has 0 aromatic heterocycles. The molecule has 7 heteroatoms. The van der Waals surface area contributed by atoms with Gasteiger partial charge in [-0.25, -0.2) is 0 Å². The van der Waals surface area contributed by atoms with Crippen molar-refractivity contribution < 1.29 is 24.0 Å². The number of carbonyl (C=O) groups is 2. The second-order valence-corrected chi connectivity index (χ2v) is 6.43. The van der Waals surface area contributed by atoms with Crippen LogP contribution < -0.4 is 9.47 Å². The average molecular weight is 367 g/mol. The highest BCUT2D eigenvalue weighted by Gasteiger charge is 2.30. The molecule has 0 bridgehead atoms. The SMILES string of the molecule is Cc1c(OC(=O)C(C)C)ccc2c1O/C(=C\c1cccc([N+](=O)[O-])c1)C2=O. The Morgan fingerprint density at radius 3 is 2.67 bits per heavy atom. The second-order valence-electron chi connectivity index (χ2n) is 6.43. The highest BCUT2D eigenvalue weighted by atomic mass is 16.6. The maximum absolute atomic E-state index is 12.6. The van der Waals surface area contributed by atoms with Gasteiger partial charge in [-0.3, -0.25) is 19.7 Å². The molecule has 0 saturated carbocycles. The van der Waals surface area contributed by atoms with Gasteiger partial charge < -0.3 is 9.47 Å². The number of ether oxygens (including phenoxy) is 2. The van der Waals surface area contributed by atoms with E-state index in [-0.39, 0.29) is 29.1 Å². The molecule has 3 rings (SSSR count). The van der Waals surface area contributed by atoms with Gasteiger partial charge in [0, 0.05) is 17.7 Å². The maximum atomic E-state index is 12.6. The lowest BCUT2D eigenvalue weighted by molar-refractivity contribution is -0.384. The Bertz CT molecular complexity index is 990. The van der Waals surface area contributed by atoms with E-state index in [9.17, 15) is 19.7 Å². The monoisotopic (exact) mass is 367 g/mol. The lowest BCUT2D eigenvalue weighted by atomic mass is 10.1. The molecule has 2 aromatic carbocycles. The van der Waals surface area contributed by atoms with Crippen LogP contribution in [0.4, 0.5) is 5.69 Å². The van der Waals surface area contributed by atoms with Crippen LogP contribution in [0.2, 0.25) is 0 Å². The molecule has 2 aromatic rings. The van der Waals surface area contributed by atoms with Crippen molar-refractivity contribution in [3.05, 3.63) is 69.0 Å². The van der Waals surface area contributed by atoms with E-state index in [2.05, 4.69) is 0 Å². The van der Waals surface area contributed by atoms with Crippen LogP contribution in [0.15, 0.2) is 42.2 Å². The van der Waals surface area contributed by atoms with E-state index in [1.54, 1.807) is 39.0 Å². The summed E-state index contributed by atoms with van der Waals surface area (Å²) in [6, 6.07) is 9.00. The first-order chi connectivity index (χ1) is 12.8. The summed E-state index contributed by atoms with van der Waals surface area (Å²) >= 11 is 0. The Morgan fingerprint density at radius 2 is 2.00 bits per heavy atom. The fourth-order valence-corrected chi connectivity index (χ4v) is 2.58. The highest BCUT2D eigenvalue weighted by molar-refractivity contribution is 6.15. The Labute approximate surface area is 155 Å². The fourth-order valence-electron chi connectivity index (χ4n) is 2.58. The molecule has 0 unspecified atom stereocenters. The van der Waals surface area contributed by atoms with Gasteiger partial charge in [-0.05, 0) is 30.7 Å². The Morgan fingerprint density at radius 1 is 1.26 bits per heavy atom. The van der Waals surface area contributed by atoms with Gasteiger partial charge in [0.1, 0.15) is 11.5 Å². The first-order valence-corrected chi connectivity index (χ1v) is 8.32. The van der Waals surface area contributed by atoms with Crippen LogP contribution in [0.5, 0.6) is 11.5 Å². The van der Waals surface area contributed by atoms with Gasteiger partial charge in [0.2, 0.25) is 5.78 Å². The number of ketones is 1. The number of Topliss-reactive ketones (excluding diaryl/α,β-unsaturated/α-hetero) is 1. The van der Waals surface area contributed by atoms with Gasteiger partial charge in [-0.1, -0.05) is 26.0 Å². The molecule has 7 nitrogen and oxygen atoms in total. The number of carbonyl (C=O) groups excluding carboxylic acids is 2. The number of nitro groups is 1. The zero-order chi connectivity index (χ0) is 19.7. The largest absolute Gasteiger partial charge is 0.452 e. The average Bonchev–Trinajstić information content (AvgIpc) is 2.94. The van der Waals surface area contributed by atoms with Gasteiger partial charge in [-0.2, -0.15) is 0 Å². The first kappa shape index (κ1) is 18.3. The molecule has 0 aliphatic carbocycles. The van der Waals surface area contributed by atoms with E-state index in [0.717, 1.165) is 0 Å². The van der Waals surface area contributed by atoms with E-state index in [4.69, 9.17) is 9.47 Å². The maximum Gasteiger partial charge on any atom is 0.313 e. The third kappa shape index (κ3) is 3.57. The number of hydrogen-bond acceptors (Lipinski definition) is 6. The van der Waals surface area contributed by atoms with Gasteiger partial charge >= 0.3 is 5.97 Å². The van der Waals surface area contributed by atoms with Gasteiger partial charge in [-0.15, -0.1) is 0 Å². The van der Waals surface area contributed by atoms with E-state index >= 15 is 0 Å². The zero-order valence-corrected chi connectivity index (χ0v) is 15.0.